The number of carbonyl (C=O) groups is 1. The molecule has 3 aromatic carbocycles. The predicted molar refractivity (Wildman–Crippen MR) is 108 cm³/mol. The minimum Gasteiger partial charge on any atom is -0.507 e. The number of carboxylic acids is 1. The molecule has 0 bridgehead atoms. The fourth-order valence-electron chi connectivity index (χ4n) is 3.25. The highest BCUT2D eigenvalue weighted by molar-refractivity contribution is 5.88. The third-order valence-electron chi connectivity index (χ3n) is 4.79. The number of para-hydroxylation sites is 1. The summed E-state index contributed by atoms with van der Waals surface area (Å²) in [6.45, 7) is 0. The van der Waals surface area contributed by atoms with Crippen molar-refractivity contribution in [1.82, 2.24) is 4.98 Å². The van der Waals surface area contributed by atoms with Gasteiger partial charge in [0.15, 0.2) is 0 Å². The Hall–Kier alpha value is -3.86. The third-order valence-corrected chi connectivity index (χ3v) is 4.79. The molecule has 1 heterocycles. The van der Waals surface area contributed by atoms with E-state index in [9.17, 15) is 14.7 Å². The Balaban J connectivity index is 1.62. The van der Waals surface area contributed by atoms with Crippen molar-refractivity contribution in [2.75, 3.05) is 0 Å². The number of fused-ring (bicyclic) bond motifs is 1. The Labute approximate surface area is 160 Å². The molecule has 0 aliphatic rings. The standard InChI is InChI=1S/C23H17NO4/c25-21-18-3-1-2-4-20(18)24-22(26)19(21)13-14-5-7-15(8-6-14)16-9-11-17(12-10-16)23(27)28/h1-12H,13H2,(H,27,28)(H2,24,25,26). The highest BCUT2D eigenvalue weighted by Gasteiger charge is 2.12. The number of pyridine rings is 1. The Morgan fingerprint density at radius 2 is 1.46 bits per heavy atom. The molecular weight excluding hydrogens is 354 g/mol. The molecule has 0 saturated carbocycles. The first-order valence-electron chi connectivity index (χ1n) is 8.78. The summed E-state index contributed by atoms with van der Waals surface area (Å²) in [7, 11) is 0. The number of carboxylic acid groups (broad SMARTS) is 1. The maximum Gasteiger partial charge on any atom is 0.335 e. The van der Waals surface area contributed by atoms with Crippen molar-refractivity contribution < 1.29 is 15.0 Å². The Kier molecular flexibility index (Phi) is 4.41. The summed E-state index contributed by atoms with van der Waals surface area (Å²) >= 11 is 0. The van der Waals surface area contributed by atoms with Gasteiger partial charge in [0.2, 0.25) is 0 Å². The van der Waals surface area contributed by atoms with Crippen LogP contribution in [-0.4, -0.2) is 21.2 Å². The van der Waals surface area contributed by atoms with Crippen molar-refractivity contribution in [3.05, 3.63) is 99.8 Å². The highest BCUT2D eigenvalue weighted by atomic mass is 16.4. The number of H-pyrrole nitrogens is 1. The molecule has 0 atom stereocenters. The van der Waals surface area contributed by atoms with Crippen molar-refractivity contribution in [3.63, 3.8) is 0 Å². The fourth-order valence-corrected chi connectivity index (χ4v) is 3.25. The zero-order chi connectivity index (χ0) is 19.7. The van der Waals surface area contributed by atoms with Crippen molar-refractivity contribution >= 4 is 16.9 Å². The van der Waals surface area contributed by atoms with E-state index >= 15 is 0 Å². The number of aromatic hydroxyl groups is 1. The van der Waals surface area contributed by atoms with Gasteiger partial charge in [-0.25, -0.2) is 4.79 Å². The maximum absolute atomic E-state index is 12.4. The second-order valence-corrected chi connectivity index (χ2v) is 6.58. The van der Waals surface area contributed by atoms with Crippen molar-refractivity contribution in [3.8, 4) is 16.9 Å². The van der Waals surface area contributed by atoms with Crippen LogP contribution in [0.4, 0.5) is 0 Å². The fraction of sp³-hybridized carbons (Fsp3) is 0.0435. The summed E-state index contributed by atoms with van der Waals surface area (Å²) in [5, 5.41) is 20.1. The van der Waals surface area contributed by atoms with Gasteiger partial charge in [-0.2, -0.15) is 0 Å². The molecule has 4 aromatic rings. The van der Waals surface area contributed by atoms with E-state index in [1.165, 1.54) is 0 Å². The van der Waals surface area contributed by atoms with Crippen LogP contribution in [0.1, 0.15) is 21.5 Å². The van der Waals surface area contributed by atoms with Crippen LogP contribution >= 0.6 is 0 Å². The monoisotopic (exact) mass is 371 g/mol. The number of nitrogens with one attached hydrogen (secondary N) is 1. The van der Waals surface area contributed by atoms with Gasteiger partial charge in [-0.15, -0.1) is 0 Å². The molecule has 3 N–H and O–H groups in total. The summed E-state index contributed by atoms with van der Waals surface area (Å²) in [4.78, 5) is 26.1. The van der Waals surface area contributed by atoms with Crippen LogP contribution in [-0.2, 0) is 6.42 Å². The van der Waals surface area contributed by atoms with Crippen molar-refractivity contribution in [1.29, 1.82) is 0 Å². The van der Waals surface area contributed by atoms with E-state index < -0.39 is 5.97 Å². The summed E-state index contributed by atoms with van der Waals surface area (Å²) in [6.07, 6.45) is 0.310. The molecule has 4 rings (SSSR count). The van der Waals surface area contributed by atoms with Gasteiger partial charge in [0.1, 0.15) is 5.75 Å². The second-order valence-electron chi connectivity index (χ2n) is 6.58. The van der Waals surface area contributed by atoms with Gasteiger partial charge in [0.05, 0.1) is 16.6 Å². The van der Waals surface area contributed by atoms with E-state index in [4.69, 9.17) is 5.11 Å². The lowest BCUT2D eigenvalue weighted by atomic mass is 9.99. The number of hydrogen-bond donors (Lipinski definition) is 3. The largest absolute Gasteiger partial charge is 0.507 e. The Bertz CT molecular complexity index is 1220. The van der Waals surface area contributed by atoms with Crippen molar-refractivity contribution in [2.45, 2.75) is 6.42 Å². The summed E-state index contributed by atoms with van der Waals surface area (Å²) in [5.41, 5.74) is 3.62. The van der Waals surface area contributed by atoms with Crippen LogP contribution in [0.5, 0.6) is 5.75 Å². The van der Waals surface area contributed by atoms with Crippen LogP contribution in [0.25, 0.3) is 22.0 Å². The molecule has 0 saturated heterocycles. The normalized spacial score (nSPS) is 10.9. The summed E-state index contributed by atoms with van der Waals surface area (Å²) in [5.74, 6) is -0.949. The van der Waals surface area contributed by atoms with Gasteiger partial charge < -0.3 is 15.2 Å². The SMILES string of the molecule is O=C(O)c1ccc(-c2ccc(Cc3c(O)c4ccccc4[nH]c3=O)cc2)cc1. The quantitative estimate of drug-likeness (QED) is 0.502. The molecule has 138 valence electrons. The van der Waals surface area contributed by atoms with Gasteiger partial charge in [0.25, 0.3) is 5.56 Å². The average Bonchev–Trinajstić information content (AvgIpc) is 2.72. The van der Waals surface area contributed by atoms with E-state index in [0.29, 0.717) is 22.9 Å². The second kappa shape index (κ2) is 7.04. The molecule has 5 nitrogen and oxygen atoms in total. The molecule has 0 radical (unpaired) electrons. The van der Waals surface area contributed by atoms with Gasteiger partial charge in [-0.3, -0.25) is 4.79 Å². The number of aromatic nitrogens is 1. The Morgan fingerprint density at radius 1 is 0.857 bits per heavy atom. The number of aromatic amines is 1. The number of rotatable bonds is 4. The molecule has 0 spiro atoms. The molecule has 0 amide bonds. The first-order chi connectivity index (χ1) is 13.5. The number of aromatic carboxylic acids is 1. The third kappa shape index (κ3) is 3.25. The lowest BCUT2D eigenvalue weighted by Crippen LogP contribution is -2.13. The van der Waals surface area contributed by atoms with Crippen LogP contribution in [0.3, 0.4) is 0 Å². The predicted octanol–water partition coefficient (Wildman–Crippen LogP) is 4.19. The van der Waals surface area contributed by atoms with Crippen molar-refractivity contribution in [2.24, 2.45) is 0 Å². The van der Waals surface area contributed by atoms with E-state index in [0.717, 1.165) is 16.7 Å². The van der Waals surface area contributed by atoms with Crippen LogP contribution in [0.15, 0.2) is 77.6 Å². The van der Waals surface area contributed by atoms with E-state index in [2.05, 4.69) is 4.98 Å². The topological polar surface area (TPSA) is 90.4 Å². The van der Waals surface area contributed by atoms with Gasteiger partial charge in [-0.05, 0) is 41.0 Å². The maximum atomic E-state index is 12.4. The Morgan fingerprint density at radius 3 is 2.11 bits per heavy atom. The van der Waals surface area contributed by atoms with Gasteiger partial charge >= 0.3 is 5.97 Å². The van der Waals surface area contributed by atoms with E-state index in [-0.39, 0.29) is 16.9 Å². The van der Waals surface area contributed by atoms with E-state index in [1.807, 2.05) is 30.3 Å². The minimum absolute atomic E-state index is 0.00712. The molecule has 0 fully saturated rings. The zero-order valence-electron chi connectivity index (χ0n) is 14.8. The molecule has 28 heavy (non-hydrogen) atoms. The molecule has 0 aliphatic carbocycles. The summed E-state index contributed by atoms with van der Waals surface area (Å²) < 4.78 is 0. The first kappa shape index (κ1) is 17.5. The summed E-state index contributed by atoms with van der Waals surface area (Å²) in [6, 6.07) is 21.4. The number of benzene rings is 3. The first-order valence-corrected chi connectivity index (χ1v) is 8.78. The molecular formula is C23H17NO4. The smallest absolute Gasteiger partial charge is 0.335 e. The number of hydrogen-bond acceptors (Lipinski definition) is 3. The van der Waals surface area contributed by atoms with Crippen LogP contribution in [0, 0.1) is 0 Å². The minimum atomic E-state index is -0.956. The molecule has 0 unspecified atom stereocenters. The van der Waals surface area contributed by atoms with Gasteiger partial charge in [-0.1, -0.05) is 48.5 Å². The molecule has 5 heteroatoms. The highest BCUT2D eigenvalue weighted by Crippen LogP contribution is 2.27. The molecule has 0 aliphatic heterocycles. The lowest BCUT2D eigenvalue weighted by Gasteiger charge is -2.08. The zero-order valence-corrected chi connectivity index (χ0v) is 14.8. The van der Waals surface area contributed by atoms with E-state index in [1.54, 1.807) is 42.5 Å². The van der Waals surface area contributed by atoms with Crippen LogP contribution < -0.4 is 5.56 Å². The van der Waals surface area contributed by atoms with Crippen LogP contribution in [0.2, 0.25) is 0 Å². The van der Waals surface area contributed by atoms with Gasteiger partial charge in [0, 0.05) is 11.8 Å². The average molecular weight is 371 g/mol. The molecule has 1 aromatic heterocycles. The lowest BCUT2D eigenvalue weighted by molar-refractivity contribution is 0.0697.